The van der Waals surface area contributed by atoms with Gasteiger partial charge in [0, 0.05) is 5.92 Å². The van der Waals surface area contributed by atoms with Crippen molar-refractivity contribution < 1.29 is 19.7 Å². The fourth-order valence-electron chi connectivity index (χ4n) is 1.80. The molecule has 1 amide bonds. The van der Waals surface area contributed by atoms with Gasteiger partial charge in [0.25, 0.3) is 5.91 Å². The van der Waals surface area contributed by atoms with Crippen LogP contribution in [0.2, 0.25) is 0 Å². The van der Waals surface area contributed by atoms with Crippen molar-refractivity contribution in [1.82, 2.24) is 14.8 Å². The van der Waals surface area contributed by atoms with Crippen molar-refractivity contribution in [2.24, 2.45) is 11.7 Å². The molecule has 0 aliphatic carbocycles. The molecule has 0 aromatic carbocycles. The Morgan fingerprint density at radius 1 is 1.71 bits per heavy atom. The largest absolute Gasteiger partial charge is 0.394 e. The number of carbonyl (C=O) groups is 1. The van der Waals surface area contributed by atoms with Crippen molar-refractivity contribution in [2.75, 3.05) is 6.61 Å². The number of aliphatic hydroxyl groups is 2. The van der Waals surface area contributed by atoms with E-state index in [0.29, 0.717) is 0 Å². The standard InChI is InChI=1S/C9H14N4O4/c1-4-5(2-14)17-9(6(4)15)13-3-11-8(12-13)7(10)16/h3-6,9,14-15H,2H2,1H3,(H2,10,16)/t4-,5?,6-,9?/m1/s1. The first kappa shape index (κ1) is 12.0. The number of nitrogens with two attached hydrogens (primary N) is 1. The minimum atomic E-state index is -0.824. The van der Waals surface area contributed by atoms with E-state index in [1.165, 1.54) is 11.0 Å². The Morgan fingerprint density at radius 3 is 2.88 bits per heavy atom. The Morgan fingerprint density at radius 2 is 2.41 bits per heavy atom. The molecule has 4 N–H and O–H groups in total. The molecule has 1 aliphatic heterocycles. The average Bonchev–Trinajstić information content (AvgIpc) is 2.87. The molecule has 0 bridgehead atoms. The lowest BCUT2D eigenvalue weighted by molar-refractivity contribution is -0.0576. The predicted molar refractivity (Wildman–Crippen MR) is 54.7 cm³/mol. The minimum absolute atomic E-state index is 0.138. The van der Waals surface area contributed by atoms with Crippen molar-refractivity contribution in [3.8, 4) is 0 Å². The lowest BCUT2D eigenvalue weighted by Gasteiger charge is -2.14. The number of aliphatic hydroxyl groups excluding tert-OH is 2. The van der Waals surface area contributed by atoms with E-state index < -0.39 is 24.3 Å². The highest BCUT2D eigenvalue weighted by atomic mass is 16.5. The number of amides is 1. The summed E-state index contributed by atoms with van der Waals surface area (Å²) < 4.78 is 6.66. The number of hydrogen-bond acceptors (Lipinski definition) is 6. The molecule has 2 heterocycles. The third kappa shape index (κ3) is 2.02. The van der Waals surface area contributed by atoms with Crippen molar-refractivity contribution in [1.29, 1.82) is 0 Å². The Kier molecular flexibility index (Phi) is 3.09. The Balaban J connectivity index is 2.19. The molecule has 0 saturated carbocycles. The highest BCUT2D eigenvalue weighted by Gasteiger charge is 2.42. The van der Waals surface area contributed by atoms with Gasteiger partial charge in [-0.05, 0) is 0 Å². The Bertz CT molecular complexity index is 421. The molecule has 1 aliphatic rings. The smallest absolute Gasteiger partial charge is 0.288 e. The van der Waals surface area contributed by atoms with E-state index in [0.717, 1.165) is 0 Å². The minimum Gasteiger partial charge on any atom is -0.394 e. The van der Waals surface area contributed by atoms with Gasteiger partial charge in [0.05, 0.1) is 12.7 Å². The van der Waals surface area contributed by atoms with Crippen LogP contribution in [-0.2, 0) is 4.74 Å². The summed E-state index contributed by atoms with van der Waals surface area (Å²) in [4.78, 5) is 14.5. The zero-order valence-electron chi connectivity index (χ0n) is 9.22. The summed E-state index contributed by atoms with van der Waals surface area (Å²) in [5.41, 5.74) is 5.02. The van der Waals surface area contributed by atoms with Gasteiger partial charge in [-0.3, -0.25) is 4.79 Å². The normalized spacial score (nSPS) is 32.9. The van der Waals surface area contributed by atoms with Gasteiger partial charge in [0.15, 0.2) is 6.23 Å². The van der Waals surface area contributed by atoms with Crippen LogP contribution in [0.25, 0.3) is 0 Å². The van der Waals surface area contributed by atoms with Crippen molar-refractivity contribution in [2.45, 2.75) is 25.4 Å². The first-order chi connectivity index (χ1) is 8.04. The fourth-order valence-corrected chi connectivity index (χ4v) is 1.80. The number of carbonyl (C=O) groups excluding carboxylic acids is 1. The maximum Gasteiger partial charge on any atom is 0.288 e. The summed E-state index contributed by atoms with van der Waals surface area (Å²) in [5, 5.41) is 22.8. The van der Waals surface area contributed by atoms with Gasteiger partial charge in [0.1, 0.15) is 12.4 Å². The molecule has 2 rings (SSSR count). The molecule has 1 aromatic rings. The Labute approximate surface area is 97.0 Å². The van der Waals surface area contributed by atoms with Crippen LogP contribution in [0.5, 0.6) is 0 Å². The number of nitrogens with zero attached hydrogens (tertiary/aromatic N) is 3. The van der Waals surface area contributed by atoms with Gasteiger partial charge in [-0.2, -0.15) is 0 Å². The van der Waals surface area contributed by atoms with Crippen molar-refractivity contribution in [3.63, 3.8) is 0 Å². The first-order valence-electron chi connectivity index (χ1n) is 5.20. The summed E-state index contributed by atoms with van der Waals surface area (Å²) in [7, 11) is 0. The number of hydrogen-bond donors (Lipinski definition) is 3. The molecule has 17 heavy (non-hydrogen) atoms. The second-order valence-corrected chi connectivity index (χ2v) is 4.01. The van der Waals surface area contributed by atoms with E-state index in [4.69, 9.17) is 15.6 Å². The molecular formula is C9H14N4O4. The van der Waals surface area contributed by atoms with E-state index in [9.17, 15) is 9.90 Å². The molecule has 1 aromatic heterocycles. The van der Waals surface area contributed by atoms with Gasteiger partial charge in [-0.15, -0.1) is 5.10 Å². The van der Waals surface area contributed by atoms with E-state index in [1.807, 2.05) is 0 Å². The van der Waals surface area contributed by atoms with Crippen molar-refractivity contribution in [3.05, 3.63) is 12.2 Å². The SMILES string of the molecule is C[C@@H]1C(CO)OC(n2cnc(C(N)=O)n2)[C@@H]1O. The summed E-state index contributed by atoms with van der Waals surface area (Å²) in [6.45, 7) is 1.57. The third-order valence-electron chi connectivity index (χ3n) is 2.90. The van der Waals surface area contributed by atoms with E-state index in [2.05, 4.69) is 10.1 Å². The lowest BCUT2D eigenvalue weighted by Crippen LogP contribution is -2.25. The highest BCUT2D eigenvalue weighted by molar-refractivity contribution is 5.88. The molecule has 94 valence electrons. The average molecular weight is 242 g/mol. The summed E-state index contributed by atoms with van der Waals surface area (Å²) in [5.74, 6) is -1.12. The second-order valence-electron chi connectivity index (χ2n) is 4.01. The van der Waals surface area contributed by atoms with Crippen LogP contribution < -0.4 is 5.73 Å². The molecule has 8 nitrogen and oxygen atoms in total. The van der Waals surface area contributed by atoms with Gasteiger partial charge < -0.3 is 20.7 Å². The number of aromatic nitrogens is 3. The molecule has 0 radical (unpaired) electrons. The lowest BCUT2D eigenvalue weighted by atomic mass is 10.0. The van der Waals surface area contributed by atoms with Gasteiger partial charge in [0.2, 0.25) is 5.82 Å². The molecule has 4 atom stereocenters. The number of ether oxygens (including phenoxy) is 1. The summed E-state index contributed by atoms with van der Waals surface area (Å²) in [6, 6.07) is 0. The zero-order chi connectivity index (χ0) is 12.6. The molecule has 1 fully saturated rings. The second kappa shape index (κ2) is 4.40. The van der Waals surface area contributed by atoms with E-state index in [-0.39, 0.29) is 18.3 Å². The van der Waals surface area contributed by atoms with Crippen molar-refractivity contribution >= 4 is 5.91 Å². The van der Waals surface area contributed by atoms with Gasteiger partial charge in [-0.1, -0.05) is 6.92 Å². The quantitative estimate of drug-likeness (QED) is 0.578. The predicted octanol–water partition coefficient (Wildman–Crippen LogP) is -1.74. The van der Waals surface area contributed by atoms with Gasteiger partial charge >= 0.3 is 0 Å². The molecule has 1 saturated heterocycles. The van der Waals surface area contributed by atoms with Crippen LogP contribution in [0, 0.1) is 5.92 Å². The molecular weight excluding hydrogens is 228 g/mol. The zero-order valence-corrected chi connectivity index (χ0v) is 9.22. The van der Waals surface area contributed by atoms with Gasteiger partial charge in [-0.25, -0.2) is 9.67 Å². The fraction of sp³-hybridized carbons (Fsp3) is 0.667. The Hall–Kier alpha value is -1.51. The summed E-state index contributed by atoms with van der Waals surface area (Å²) >= 11 is 0. The monoisotopic (exact) mass is 242 g/mol. The van der Waals surface area contributed by atoms with E-state index >= 15 is 0 Å². The topological polar surface area (TPSA) is 123 Å². The number of rotatable bonds is 3. The van der Waals surface area contributed by atoms with Crippen LogP contribution in [0.3, 0.4) is 0 Å². The molecule has 0 spiro atoms. The van der Waals surface area contributed by atoms with Crippen LogP contribution in [0.15, 0.2) is 6.33 Å². The maximum atomic E-state index is 10.8. The highest BCUT2D eigenvalue weighted by Crippen LogP contribution is 2.32. The first-order valence-corrected chi connectivity index (χ1v) is 5.20. The van der Waals surface area contributed by atoms with Crippen LogP contribution in [0.4, 0.5) is 0 Å². The molecule has 8 heteroatoms. The number of primary amides is 1. The van der Waals surface area contributed by atoms with Crippen LogP contribution in [0.1, 0.15) is 23.8 Å². The molecule has 2 unspecified atom stereocenters. The van der Waals surface area contributed by atoms with Crippen LogP contribution in [-0.4, -0.2) is 49.7 Å². The summed E-state index contributed by atoms with van der Waals surface area (Å²) in [6.07, 6.45) is -0.783. The third-order valence-corrected chi connectivity index (χ3v) is 2.90. The maximum absolute atomic E-state index is 10.8. The van der Waals surface area contributed by atoms with E-state index in [1.54, 1.807) is 6.92 Å². The van der Waals surface area contributed by atoms with Crippen LogP contribution >= 0.6 is 0 Å².